The van der Waals surface area contributed by atoms with Crippen molar-refractivity contribution in [2.75, 3.05) is 44.7 Å². The van der Waals surface area contributed by atoms with Gasteiger partial charge >= 0.3 is 0 Å². The quantitative estimate of drug-likeness (QED) is 0.625. The van der Waals surface area contributed by atoms with Gasteiger partial charge in [0.25, 0.3) is 5.95 Å². The van der Waals surface area contributed by atoms with Crippen LogP contribution in [0, 0.1) is 13.8 Å². The van der Waals surface area contributed by atoms with Crippen LogP contribution in [0.1, 0.15) is 35.7 Å². The van der Waals surface area contributed by atoms with Crippen molar-refractivity contribution in [3.63, 3.8) is 0 Å². The predicted molar refractivity (Wildman–Crippen MR) is 121 cm³/mol. The van der Waals surface area contributed by atoms with Crippen LogP contribution < -0.4 is 10.2 Å². The fraction of sp³-hybridized carbons (Fsp3) is 0.591. The van der Waals surface area contributed by atoms with Gasteiger partial charge in [0.15, 0.2) is 0 Å². The molecule has 9 heteroatoms. The molecule has 8 nitrogen and oxygen atoms in total. The molecule has 0 amide bonds. The van der Waals surface area contributed by atoms with E-state index in [1.807, 2.05) is 18.5 Å². The molecule has 166 valence electrons. The first-order valence-corrected chi connectivity index (χ1v) is 11.9. The van der Waals surface area contributed by atoms with E-state index in [2.05, 4.69) is 30.3 Å². The fourth-order valence-electron chi connectivity index (χ4n) is 4.46. The number of morpholine rings is 1. The minimum Gasteiger partial charge on any atom is -0.370 e. The molecule has 2 N–H and O–H groups in total. The van der Waals surface area contributed by atoms with Crippen LogP contribution in [-0.4, -0.2) is 64.7 Å². The number of fused-ring (bicyclic) bond motifs is 3. The number of aromatic nitrogens is 4. The van der Waals surface area contributed by atoms with E-state index >= 15 is 0 Å². The highest BCUT2D eigenvalue weighted by Gasteiger charge is 2.31. The van der Waals surface area contributed by atoms with E-state index in [4.69, 9.17) is 19.4 Å². The minimum absolute atomic E-state index is 0.176. The van der Waals surface area contributed by atoms with Gasteiger partial charge in [-0.1, -0.05) is 0 Å². The van der Waals surface area contributed by atoms with E-state index in [1.165, 1.54) is 10.4 Å². The van der Waals surface area contributed by atoms with Gasteiger partial charge in [0.1, 0.15) is 23.7 Å². The van der Waals surface area contributed by atoms with Gasteiger partial charge < -0.3 is 19.7 Å². The topological polar surface area (TPSA) is 78.5 Å². The normalized spacial score (nSPS) is 19.0. The molecule has 0 aromatic carbocycles. The number of hydrogen-bond acceptors (Lipinski definition) is 7. The fourth-order valence-corrected chi connectivity index (χ4v) is 5.55. The van der Waals surface area contributed by atoms with Gasteiger partial charge in [-0.2, -0.15) is 15.1 Å². The first-order valence-electron chi connectivity index (χ1n) is 11.0. The van der Waals surface area contributed by atoms with Crippen molar-refractivity contribution in [2.24, 2.45) is 0 Å². The Hall–Kier alpha value is -2.07. The molecule has 1 saturated heterocycles. The summed E-state index contributed by atoms with van der Waals surface area (Å²) in [6, 6.07) is 2.05. The standard InChI is InChI=1S/C22H30N6O2S/c1-14-11-15(2)28(26-14)21-24-19(23-5-6-27-7-9-29-10-8-27)18-16-12-22(3,4)30-13-17(16)31-20(18)25-21/h11H,5-10,12-13H2,1-4H3,(H,23,24,25)/p+1. The molecular weight excluding hydrogens is 412 g/mol. The molecule has 0 radical (unpaired) electrons. The largest absolute Gasteiger partial charge is 0.370 e. The number of quaternary nitrogens is 1. The average molecular weight is 444 g/mol. The lowest BCUT2D eigenvalue weighted by Gasteiger charge is -2.30. The third-order valence-corrected chi connectivity index (χ3v) is 7.19. The minimum atomic E-state index is -0.176. The Morgan fingerprint density at radius 3 is 2.77 bits per heavy atom. The lowest BCUT2D eigenvalue weighted by molar-refractivity contribution is -0.906. The zero-order valence-electron chi connectivity index (χ0n) is 18.7. The van der Waals surface area contributed by atoms with Gasteiger partial charge in [-0.05, 0) is 39.3 Å². The van der Waals surface area contributed by atoms with E-state index < -0.39 is 0 Å². The Labute approximate surface area is 186 Å². The summed E-state index contributed by atoms with van der Waals surface area (Å²) in [6.07, 6.45) is 0.869. The molecule has 0 aliphatic carbocycles. The molecule has 0 spiro atoms. The first kappa shape index (κ1) is 20.8. The van der Waals surface area contributed by atoms with Gasteiger partial charge in [0.05, 0.1) is 49.6 Å². The van der Waals surface area contributed by atoms with Crippen LogP contribution >= 0.6 is 11.3 Å². The lowest BCUT2D eigenvalue weighted by Crippen LogP contribution is -3.14. The molecule has 3 aromatic rings. The second kappa shape index (κ2) is 8.12. The van der Waals surface area contributed by atoms with Gasteiger partial charge in [-0.25, -0.2) is 4.68 Å². The molecule has 3 aromatic heterocycles. The number of nitrogens with one attached hydrogen (secondary N) is 2. The molecule has 0 unspecified atom stereocenters. The summed E-state index contributed by atoms with van der Waals surface area (Å²) in [7, 11) is 0. The summed E-state index contributed by atoms with van der Waals surface area (Å²) in [5.74, 6) is 1.54. The number of rotatable bonds is 5. The van der Waals surface area contributed by atoms with Crippen LogP contribution in [0.25, 0.3) is 16.2 Å². The Balaban J connectivity index is 1.52. The van der Waals surface area contributed by atoms with E-state index in [9.17, 15) is 0 Å². The summed E-state index contributed by atoms with van der Waals surface area (Å²) in [4.78, 5) is 13.7. The Kier molecular flexibility index (Phi) is 5.45. The van der Waals surface area contributed by atoms with E-state index in [0.29, 0.717) is 12.6 Å². The van der Waals surface area contributed by atoms with Crippen molar-refractivity contribution < 1.29 is 14.4 Å². The molecule has 5 heterocycles. The maximum atomic E-state index is 6.07. The smallest absolute Gasteiger partial charge is 0.254 e. The SMILES string of the molecule is Cc1cc(C)n(-c2nc(NCC[NH+]3CCOCC3)c3c4c(sc3n2)COC(C)(C)C4)n1. The van der Waals surface area contributed by atoms with Crippen LogP contribution in [0.5, 0.6) is 0 Å². The summed E-state index contributed by atoms with van der Waals surface area (Å²) in [5.41, 5.74) is 3.15. The predicted octanol–water partition coefficient (Wildman–Crippen LogP) is 1.67. The van der Waals surface area contributed by atoms with Crippen LogP contribution in [0.15, 0.2) is 6.07 Å². The molecule has 0 bridgehead atoms. The van der Waals surface area contributed by atoms with E-state index in [-0.39, 0.29) is 5.60 Å². The van der Waals surface area contributed by atoms with Crippen molar-refractivity contribution in [3.8, 4) is 5.95 Å². The molecule has 0 atom stereocenters. The van der Waals surface area contributed by atoms with Crippen LogP contribution in [0.3, 0.4) is 0 Å². The molecule has 2 aliphatic rings. The second-order valence-electron chi connectivity index (χ2n) is 9.16. The monoisotopic (exact) mass is 443 g/mol. The number of anilines is 1. The van der Waals surface area contributed by atoms with Gasteiger partial charge in [-0.15, -0.1) is 11.3 Å². The molecule has 2 aliphatic heterocycles. The second-order valence-corrected chi connectivity index (χ2v) is 10.2. The molecular formula is C22H31N6O2S+. The van der Waals surface area contributed by atoms with Crippen molar-refractivity contribution in [1.82, 2.24) is 19.7 Å². The number of nitrogens with zero attached hydrogens (tertiary/aromatic N) is 4. The number of thiophene rings is 1. The van der Waals surface area contributed by atoms with Crippen molar-refractivity contribution >= 4 is 27.4 Å². The molecule has 1 fully saturated rings. The van der Waals surface area contributed by atoms with Gasteiger partial charge in [-0.3, -0.25) is 0 Å². The maximum absolute atomic E-state index is 6.07. The third kappa shape index (κ3) is 4.19. The highest BCUT2D eigenvalue weighted by Crippen LogP contribution is 2.41. The number of hydrogen-bond donors (Lipinski definition) is 2. The van der Waals surface area contributed by atoms with E-state index in [0.717, 1.165) is 73.2 Å². The highest BCUT2D eigenvalue weighted by atomic mass is 32.1. The van der Waals surface area contributed by atoms with Crippen molar-refractivity contribution in [2.45, 2.75) is 46.3 Å². The van der Waals surface area contributed by atoms with Gasteiger partial charge in [0.2, 0.25) is 0 Å². The maximum Gasteiger partial charge on any atom is 0.254 e. The highest BCUT2D eigenvalue weighted by molar-refractivity contribution is 7.19. The number of aryl methyl sites for hydroxylation is 2. The summed E-state index contributed by atoms with van der Waals surface area (Å²) >= 11 is 1.72. The summed E-state index contributed by atoms with van der Waals surface area (Å²) in [5, 5.41) is 9.41. The zero-order valence-corrected chi connectivity index (χ0v) is 19.6. The Bertz CT molecular complexity index is 1100. The van der Waals surface area contributed by atoms with Gasteiger partial charge in [0, 0.05) is 17.0 Å². The van der Waals surface area contributed by atoms with Crippen LogP contribution in [0.4, 0.5) is 5.82 Å². The third-order valence-electron chi connectivity index (χ3n) is 6.09. The van der Waals surface area contributed by atoms with E-state index in [1.54, 1.807) is 16.2 Å². The molecule has 5 rings (SSSR count). The Morgan fingerprint density at radius 1 is 1.23 bits per heavy atom. The van der Waals surface area contributed by atoms with Crippen LogP contribution in [0.2, 0.25) is 0 Å². The van der Waals surface area contributed by atoms with Crippen molar-refractivity contribution in [1.29, 1.82) is 0 Å². The summed E-state index contributed by atoms with van der Waals surface area (Å²) < 4.78 is 13.4. The van der Waals surface area contributed by atoms with Crippen molar-refractivity contribution in [3.05, 3.63) is 27.9 Å². The zero-order chi connectivity index (χ0) is 21.6. The summed E-state index contributed by atoms with van der Waals surface area (Å²) in [6.45, 7) is 14.7. The average Bonchev–Trinajstić information content (AvgIpc) is 3.26. The lowest BCUT2D eigenvalue weighted by atomic mass is 9.94. The molecule has 31 heavy (non-hydrogen) atoms. The number of ether oxygens (including phenoxy) is 2. The molecule has 0 saturated carbocycles. The first-order chi connectivity index (χ1) is 14.9. The van der Waals surface area contributed by atoms with Crippen LogP contribution in [-0.2, 0) is 22.5 Å². The Morgan fingerprint density at radius 2 is 2.03 bits per heavy atom.